The van der Waals surface area contributed by atoms with Crippen LogP contribution in [-0.2, 0) is 20.7 Å². The fraction of sp³-hybridized carbons (Fsp3) is 0.348. The largest absolute Gasteiger partial charge is 0.492 e. The van der Waals surface area contributed by atoms with Crippen molar-refractivity contribution in [3.63, 3.8) is 0 Å². The van der Waals surface area contributed by atoms with Crippen LogP contribution in [0.2, 0.25) is 0 Å². The van der Waals surface area contributed by atoms with Gasteiger partial charge in [-0.15, -0.1) is 0 Å². The first-order valence-electron chi connectivity index (χ1n) is 10.1. The number of nitrogens with one attached hydrogen (secondary N) is 1. The van der Waals surface area contributed by atoms with Crippen LogP contribution in [0.15, 0.2) is 54.0 Å². The van der Waals surface area contributed by atoms with Crippen LogP contribution in [0.5, 0.6) is 0 Å². The van der Waals surface area contributed by atoms with Crippen molar-refractivity contribution in [1.29, 1.82) is 5.26 Å². The van der Waals surface area contributed by atoms with Crippen LogP contribution < -0.4 is 5.32 Å². The summed E-state index contributed by atoms with van der Waals surface area (Å²) in [7, 11) is -0.674. The Morgan fingerprint density at radius 2 is 1.81 bits per heavy atom. The summed E-state index contributed by atoms with van der Waals surface area (Å²) < 4.78 is 17.6. The van der Waals surface area contributed by atoms with Gasteiger partial charge in [-0.2, -0.15) is 5.26 Å². The fourth-order valence-corrected chi connectivity index (χ4v) is 2.93. The zero-order valence-electron chi connectivity index (χ0n) is 18.2. The fourth-order valence-electron chi connectivity index (χ4n) is 2.93. The first-order valence-corrected chi connectivity index (χ1v) is 10.1. The number of nitriles is 1. The number of alkyl carbamates (subject to hydrolysis) is 1. The highest BCUT2D eigenvalue weighted by atomic mass is 16.7. The summed E-state index contributed by atoms with van der Waals surface area (Å²) in [6.45, 7) is 8.15. The Morgan fingerprint density at radius 1 is 1.13 bits per heavy atom. The van der Waals surface area contributed by atoms with E-state index >= 15 is 0 Å². The lowest BCUT2D eigenvalue weighted by atomic mass is 9.77. The minimum absolute atomic E-state index is 0.142. The Hall–Kier alpha value is -3.15. The van der Waals surface area contributed by atoms with Gasteiger partial charge in [0.1, 0.15) is 18.4 Å². The lowest BCUT2D eigenvalue weighted by molar-refractivity contribution is 0.00578. The summed E-state index contributed by atoms with van der Waals surface area (Å²) in [6, 6.07) is 16.6. The summed E-state index contributed by atoms with van der Waals surface area (Å²) >= 11 is 0. The van der Waals surface area contributed by atoms with E-state index in [1.54, 1.807) is 24.3 Å². The van der Waals surface area contributed by atoms with E-state index in [1.165, 1.54) is 0 Å². The van der Waals surface area contributed by atoms with Gasteiger partial charge in [0.2, 0.25) is 0 Å². The number of pyridine rings is 1. The van der Waals surface area contributed by atoms with Crippen molar-refractivity contribution in [2.45, 2.75) is 45.5 Å². The van der Waals surface area contributed by atoms with Gasteiger partial charge in [0.25, 0.3) is 0 Å². The van der Waals surface area contributed by atoms with Crippen LogP contribution in [0, 0.1) is 11.3 Å². The number of hydrogen-bond acceptors (Lipinski definition) is 6. The molecule has 2 aromatic rings. The van der Waals surface area contributed by atoms with Gasteiger partial charge in [0.15, 0.2) is 0 Å². The second-order valence-corrected chi connectivity index (χ2v) is 8.28. The maximum Gasteiger partial charge on any atom is 0.492 e. The van der Waals surface area contributed by atoms with Crippen molar-refractivity contribution in [3.8, 4) is 6.07 Å². The molecule has 0 radical (unpaired) electrons. The van der Waals surface area contributed by atoms with Gasteiger partial charge in [0.05, 0.1) is 16.9 Å². The Morgan fingerprint density at radius 3 is 2.45 bits per heavy atom. The molecule has 8 heteroatoms. The van der Waals surface area contributed by atoms with Crippen LogP contribution >= 0.6 is 0 Å². The van der Waals surface area contributed by atoms with Gasteiger partial charge in [-0.1, -0.05) is 36.4 Å². The molecular weight excluding hydrogens is 393 g/mol. The van der Waals surface area contributed by atoms with Gasteiger partial charge < -0.3 is 19.4 Å². The lowest BCUT2D eigenvalue weighted by Gasteiger charge is -2.32. The first-order chi connectivity index (χ1) is 14.7. The molecular formula is C23H26BN3O4. The number of hydrogen-bond donors (Lipinski definition) is 1. The molecule has 1 aliphatic heterocycles. The van der Waals surface area contributed by atoms with Crippen molar-refractivity contribution in [2.24, 2.45) is 0 Å². The highest BCUT2D eigenvalue weighted by molar-refractivity contribution is 6.56. The molecule has 0 saturated carbocycles. The van der Waals surface area contributed by atoms with Gasteiger partial charge in [-0.05, 0) is 56.9 Å². The van der Waals surface area contributed by atoms with Gasteiger partial charge in [-0.25, -0.2) is 9.78 Å². The predicted molar refractivity (Wildman–Crippen MR) is 118 cm³/mol. The number of ether oxygens (including phenoxy) is 1. The van der Waals surface area contributed by atoms with Crippen LogP contribution in [-0.4, -0.2) is 35.9 Å². The predicted octanol–water partition coefficient (Wildman–Crippen LogP) is 3.89. The van der Waals surface area contributed by atoms with Crippen LogP contribution in [0.25, 0.3) is 6.08 Å². The van der Waals surface area contributed by atoms with Gasteiger partial charge in [-0.3, -0.25) is 0 Å². The highest BCUT2D eigenvalue weighted by Crippen LogP contribution is 2.38. The molecule has 1 fully saturated rings. The summed E-state index contributed by atoms with van der Waals surface area (Å²) in [5.41, 5.74) is 1.37. The van der Waals surface area contributed by atoms with E-state index in [-0.39, 0.29) is 13.2 Å². The molecule has 31 heavy (non-hydrogen) atoms. The van der Waals surface area contributed by atoms with Crippen molar-refractivity contribution >= 4 is 19.3 Å². The lowest BCUT2D eigenvalue weighted by Crippen LogP contribution is -2.41. The number of benzene rings is 1. The van der Waals surface area contributed by atoms with E-state index in [9.17, 15) is 4.79 Å². The van der Waals surface area contributed by atoms with Crippen molar-refractivity contribution in [3.05, 3.63) is 71.0 Å². The minimum Gasteiger partial charge on any atom is -0.445 e. The molecule has 1 saturated heterocycles. The average molecular weight is 419 g/mol. The molecule has 0 atom stereocenters. The second kappa shape index (κ2) is 9.33. The van der Waals surface area contributed by atoms with Crippen LogP contribution in [0.4, 0.5) is 4.79 Å². The summed E-state index contributed by atoms with van der Waals surface area (Å²) in [5, 5.41) is 11.9. The molecule has 0 aliphatic carbocycles. The molecule has 2 heterocycles. The number of rotatable bonds is 6. The SMILES string of the molecule is CC1(C)OB(C(=Cc2cccc(C#N)n2)CNC(=O)OCc2ccccc2)OC1(C)C. The van der Waals surface area contributed by atoms with Crippen molar-refractivity contribution in [1.82, 2.24) is 10.3 Å². The molecule has 160 valence electrons. The Kier molecular flexibility index (Phi) is 6.79. The van der Waals surface area contributed by atoms with Gasteiger partial charge in [0, 0.05) is 6.54 Å². The van der Waals surface area contributed by atoms with E-state index < -0.39 is 24.4 Å². The molecule has 1 aliphatic rings. The maximum atomic E-state index is 12.2. The summed E-state index contributed by atoms with van der Waals surface area (Å²) in [5.74, 6) is 0. The Labute approximate surface area is 183 Å². The van der Waals surface area contributed by atoms with Crippen molar-refractivity contribution < 1.29 is 18.8 Å². The zero-order chi connectivity index (χ0) is 22.5. The first kappa shape index (κ1) is 22.5. The third-order valence-electron chi connectivity index (χ3n) is 5.42. The van der Waals surface area contributed by atoms with Crippen LogP contribution in [0.3, 0.4) is 0 Å². The molecule has 7 nitrogen and oxygen atoms in total. The molecule has 0 spiro atoms. The Bertz CT molecular complexity index is 983. The molecule has 1 aromatic heterocycles. The van der Waals surface area contributed by atoms with E-state index in [2.05, 4.69) is 10.3 Å². The van der Waals surface area contributed by atoms with Gasteiger partial charge >= 0.3 is 13.2 Å². The molecule has 0 unspecified atom stereocenters. The summed E-state index contributed by atoms with van der Waals surface area (Å²) in [6.07, 6.45) is 1.21. The normalized spacial score (nSPS) is 17.1. The van der Waals surface area contributed by atoms with E-state index in [0.717, 1.165) is 5.56 Å². The summed E-state index contributed by atoms with van der Waals surface area (Å²) in [4.78, 5) is 16.5. The zero-order valence-corrected chi connectivity index (χ0v) is 18.2. The standard InChI is InChI=1S/C23H26BN3O4/c1-22(2)23(3,4)31-24(30-22)18(13-19-11-8-12-20(14-25)27-19)15-26-21(28)29-16-17-9-6-5-7-10-17/h5-13H,15-16H2,1-4H3,(H,26,28). The number of amides is 1. The monoisotopic (exact) mass is 419 g/mol. The van der Waals surface area contributed by atoms with E-state index in [0.29, 0.717) is 16.9 Å². The number of carbonyl (C=O) groups excluding carboxylic acids is 1. The van der Waals surface area contributed by atoms with Crippen LogP contribution in [0.1, 0.15) is 44.6 Å². The number of nitrogens with zero attached hydrogens (tertiary/aromatic N) is 2. The second-order valence-electron chi connectivity index (χ2n) is 8.28. The minimum atomic E-state index is -0.674. The molecule has 1 amide bonds. The smallest absolute Gasteiger partial charge is 0.445 e. The Balaban J connectivity index is 1.74. The third kappa shape index (κ3) is 5.72. The quantitative estimate of drug-likeness (QED) is 0.714. The van der Waals surface area contributed by atoms with Crippen molar-refractivity contribution in [2.75, 3.05) is 6.54 Å². The molecule has 1 aromatic carbocycles. The molecule has 3 rings (SSSR count). The number of carbonyl (C=O) groups is 1. The van der Waals surface area contributed by atoms with E-state index in [1.807, 2.05) is 64.1 Å². The maximum absolute atomic E-state index is 12.2. The highest BCUT2D eigenvalue weighted by Gasteiger charge is 2.52. The average Bonchev–Trinajstić information content (AvgIpc) is 2.97. The van der Waals surface area contributed by atoms with E-state index in [4.69, 9.17) is 19.3 Å². The molecule has 1 N–H and O–H groups in total. The number of aromatic nitrogens is 1. The topological polar surface area (TPSA) is 93.5 Å². The molecule has 0 bridgehead atoms. The third-order valence-corrected chi connectivity index (χ3v) is 5.42.